The van der Waals surface area contributed by atoms with Crippen LogP contribution in [-0.2, 0) is 10.2 Å². The third-order valence-electron chi connectivity index (χ3n) is 3.23. The highest BCUT2D eigenvalue weighted by Gasteiger charge is 2.22. The summed E-state index contributed by atoms with van der Waals surface area (Å²) < 4.78 is 5.24. The molecule has 0 saturated heterocycles. The van der Waals surface area contributed by atoms with Gasteiger partial charge in [0.25, 0.3) is 0 Å². The zero-order valence-corrected chi connectivity index (χ0v) is 14.4. The molecule has 0 saturated carbocycles. The van der Waals surface area contributed by atoms with E-state index < -0.39 is 11.7 Å². The second-order valence-corrected chi connectivity index (χ2v) is 7.69. The summed E-state index contributed by atoms with van der Waals surface area (Å²) in [4.78, 5) is 11.7. The maximum absolute atomic E-state index is 11.7. The van der Waals surface area contributed by atoms with E-state index in [2.05, 4.69) is 45.1 Å². The Kier molecular flexibility index (Phi) is 5.43. The van der Waals surface area contributed by atoms with E-state index in [-0.39, 0.29) is 5.41 Å². The van der Waals surface area contributed by atoms with Gasteiger partial charge >= 0.3 is 6.09 Å². The predicted molar refractivity (Wildman–Crippen MR) is 88.8 cm³/mol. The Morgan fingerprint density at radius 2 is 1.62 bits per heavy atom. The minimum Gasteiger partial charge on any atom is -0.444 e. The quantitative estimate of drug-likeness (QED) is 0.811. The van der Waals surface area contributed by atoms with E-state index >= 15 is 0 Å². The highest BCUT2D eigenvalue weighted by Crippen LogP contribution is 2.31. The van der Waals surface area contributed by atoms with Crippen molar-refractivity contribution in [1.82, 2.24) is 0 Å². The van der Waals surface area contributed by atoms with Gasteiger partial charge in [-0.2, -0.15) is 0 Å². The monoisotopic (exact) mass is 291 g/mol. The van der Waals surface area contributed by atoms with Gasteiger partial charge in [-0.1, -0.05) is 39.8 Å². The molecule has 3 nitrogen and oxygen atoms in total. The predicted octanol–water partition coefficient (Wildman–Crippen LogP) is 5.36. The fourth-order valence-electron chi connectivity index (χ4n) is 2.56. The lowest BCUT2D eigenvalue weighted by atomic mass is 9.78. The van der Waals surface area contributed by atoms with Crippen molar-refractivity contribution in [2.45, 2.75) is 65.9 Å². The Hall–Kier alpha value is -1.51. The molecular weight excluding hydrogens is 262 g/mol. The second kappa shape index (κ2) is 6.50. The highest BCUT2D eigenvalue weighted by molar-refractivity contribution is 5.84. The van der Waals surface area contributed by atoms with Gasteiger partial charge in [0, 0.05) is 5.69 Å². The minimum atomic E-state index is -0.483. The van der Waals surface area contributed by atoms with E-state index in [0.29, 0.717) is 5.92 Å². The first-order chi connectivity index (χ1) is 9.49. The molecule has 0 aliphatic heterocycles. The van der Waals surface area contributed by atoms with Crippen molar-refractivity contribution < 1.29 is 9.53 Å². The van der Waals surface area contributed by atoms with E-state index in [1.54, 1.807) is 0 Å². The van der Waals surface area contributed by atoms with Crippen LogP contribution in [0.4, 0.5) is 10.5 Å². The van der Waals surface area contributed by atoms with Crippen LogP contribution in [0.3, 0.4) is 0 Å². The lowest BCUT2D eigenvalue weighted by molar-refractivity contribution is 0.0636. The molecule has 0 bridgehead atoms. The van der Waals surface area contributed by atoms with Gasteiger partial charge < -0.3 is 4.74 Å². The summed E-state index contributed by atoms with van der Waals surface area (Å²) in [6.45, 7) is 14.5. The van der Waals surface area contributed by atoms with Gasteiger partial charge in [0.2, 0.25) is 0 Å². The summed E-state index contributed by atoms with van der Waals surface area (Å²) in [5, 5.41) is 2.76. The first-order valence-electron chi connectivity index (χ1n) is 7.60. The average molecular weight is 291 g/mol. The van der Waals surface area contributed by atoms with Crippen LogP contribution in [0.1, 0.15) is 60.5 Å². The normalized spacial score (nSPS) is 12.4. The highest BCUT2D eigenvalue weighted by atomic mass is 16.6. The Morgan fingerprint density at radius 3 is 2.05 bits per heavy atom. The fourth-order valence-corrected chi connectivity index (χ4v) is 2.56. The Morgan fingerprint density at radius 1 is 1.10 bits per heavy atom. The molecule has 118 valence electrons. The molecule has 0 aliphatic carbocycles. The molecule has 1 aromatic carbocycles. The molecule has 0 aliphatic rings. The molecular formula is C18H29NO2. The van der Waals surface area contributed by atoms with Crippen LogP contribution in [0.15, 0.2) is 24.3 Å². The first kappa shape index (κ1) is 17.5. The van der Waals surface area contributed by atoms with E-state index in [1.165, 1.54) is 5.56 Å². The van der Waals surface area contributed by atoms with Gasteiger partial charge in [-0.15, -0.1) is 0 Å². The Balaban J connectivity index is 2.72. The maximum Gasteiger partial charge on any atom is 0.412 e. The third-order valence-corrected chi connectivity index (χ3v) is 3.23. The molecule has 1 rings (SSSR count). The number of nitrogens with one attached hydrogen (secondary N) is 1. The van der Waals surface area contributed by atoms with Gasteiger partial charge in [-0.25, -0.2) is 4.79 Å². The molecule has 0 radical (unpaired) electrons. The zero-order valence-electron chi connectivity index (χ0n) is 14.4. The van der Waals surface area contributed by atoms with Crippen molar-refractivity contribution in [3.05, 3.63) is 29.8 Å². The van der Waals surface area contributed by atoms with Gasteiger partial charge in [-0.05, 0) is 56.2 Å². The topological polar surface area (TPSA) is 38.3 Å². The van der Waals surface area contributed by atoms with Gasteiger partial charge in [0.05, 0.1) is 0 Å². The molecule has 1 amide bonds. The summed E-state index contributed by atoms with van der Waals surface area (Å²) in [6, 6.07) is 8.02. The molecule has 0 aromatic heterocycles. The molecule has 0 fully saturated rings. The van der Waals surface area contributed by atoms with Crippen molar-refractivity contribution in [1.29, 1.82) is 0 Å². The van der Waals surface area contributed by atoms with E-state index in [0.717, 1.165) is 12.1 Å². The van der Waals surface area contributed by atoms with Crippen molar-refractivity contribution in [2.75, 3.05) is 5.32 Å². The Labute approximate surface area is 129 Å². The van der Waals surface area contributed by atoms with Gasteiger partial charge in [-0.3, -0.25) is 5.32 Å². The number of anilines is 1. The number of carbonyl (C=O) groups is 1. The van der Waals surface area contributed by atoms with E-state index in [1.807, 2.05) is 32.9 Å². The van der Waals surface area contributed by atoms with Gasteiger partial charge in [0.1, 0.15) is 5.60 Å². The first-order valence-corrected chi connectivity index (χ1v) is 7.60. The average Bonchev–Trinajstić information content (AvgIpc) is 2.24. The zero-order chi connectivity index (χ0) is 16.3. The molecule has 3 heteroatoms. The summed E-state index contributed by atoms with van der Waals surface area (Å²) in [6.07, 6.45) is 0.711. The van der Waals surface area contributed by atoms with Crippen LogP contribution in [0.2, 0.25) is 0 Å². The number of hydrogen-bond donors (Lipinski definition) is 1. The fraction of sp³-hybridized carbons (Fsp3) is 0.611. The number of hydrogen-bond acceptors (Lipinski definition) is 2. The van der Waals surface area contributed by atoms with Gasteiger partial charge in [0.15, 0.2) is 0 Å². The van der Waals surface area contributed by atoms with Crippen molar-refractivity contribution >= 4 is 11.8 Å². The van der Waals surface area contributed by atoms with Crippen molar-refractivity contribution in [2.24, 2.45) is 5.92 Å². The molecule has 0 atom stereocenters. The molecule has 1 aromatic rings. The number of benzene rings is 1. The maximum atomic E-state index is 11.7. The summed E-state index contributed by atoms with van der Waals surface area (Å²) in [5.74, 6) is 0.652. The molecule has 1 N–H and O–H groups in total. The van der Waals surface area contributed by atoms with Crippen LogP contribution < -0.4 is 5.32 Å². The van der Waals surface area contributed by atoms with E-state index in [4.69, 9.17) is 4.74 Å². The lowest BCUT2D eigenvalue weighted by Gasteiger charge is -2.27. The van der Waals surface area contributed by atoms with Crippen molar-refractivity contribution in [3.63, 3.8) is 0 Å². The lowest BCUT2D eigenvalue weighted by Crippen LogP contribution is -2.27. The smallest absolute Gasteiger partial charge is 0.412 e. The molecule has 0 spiro atoms. The van der Waals surface area contributed by atoms with Crippen LogP contribution in [0, 0.1) is 5.92 Å². The van der Waals surface area contributed by atoms with Crippen LogP contribution in [0.25, 0.3) is 0 Å². The number of carbonyl (C=O) groups excluding carboxylic acids is 1. The molecule has 0 heterocycles. The second-order valence-electron chi connectivity index (χ2n) is 7.69. The summed E-state index contributed by atoms with van der Waals surface area (Å²) in [5.41, 5.74) is 1.70. The third kappa shape index (κ3) is 6.19. The van der Waals surface area contributed by atoms with Crippen LogP contribution in [-0.4, -0.2) is 11.7 Å². The van der Waals surface area contributed by atoms with Crippen LogP contribution in [0.5, 0.6) is 0 Å². The summed E-state index contributed by atoms with van der Waals surface area (Å²) >= 11 is 0. The molecule has 0 unspecified atom stereocenters. The number of amides is 1. The van der Waals surface area contributed by atoms with E-state index in [9.17, 15) is 4.79 Å². The van der Waals surface area contributed by atoms with Crippen LogP contribution >= 0.6 is 0 Å². The standard InChI is InChI=1S/C18H29NO2/c1-13(2)12-18(6,7)14-8-10-15(11-9-14)19-16(20)21-17(3,4)5/h8-11,13H,12H2,1-7H3,(H,19,20). The number of rotatable bonds is 4. The SMILES string of the molecule is CC(C)CC(C)(C)c1ccc(NC(=O)OC(C)(C)C)cc1. The number of ether oxygens (including phenoxy) is 1. The summed E-state index contributed by atoms with van der Waals surface area (Å²) in [7, 11) is 0. The molecule has 21 heavy (non-hydrogen) atoms. The minimum absolute atomic E-state index is 0.138. The Bertz CT molecular complexity index is 467. The largest absolute Gasteiger partial charge is 0.444 e. The van der Waals surface area contributed by atoms with Crippen molar-refractivity contribution in [3.8, 4) is 0 Å².